The molecule has 1 aliphatic rings. The molecule has 7 nitrogen and oxygen atoms in total. The van der Waals surface area contributed by atoms with Gasteiger partial charge in [-0.1, -0.05) is 18.2 Å². The fraction of sp³-hybridized carbons (Fsp3) is 0.375. The van der Waals surface area contributed by atoms with Gasteiger partial charge in [0.1, 0.15) is 5.82 Å². The van der Waals surface area contributed by atoms with Gasteiger partial charge in [0.2, 0.25) is 5.91 Å². The summed E-state index contributed by atoms with van der Waals surface area (Å²) < 4.78 is 13.2. The van der Waals surface area contributed by atoms with Crippen LogP contribution in [0, 0.1) is 12.7 Å². The number of anilines is 1. The first-order valence-electron chi connectivity index (χ1n) is 10.8. The first kappa shape index (κ1) is 23.2. The number of urea groups is 1. The third-order valence-corrected chi connectivity index (χ3v) is 5.64. The van der Waals surface area contributed by atoms with Crippen LogP contribution in [0.5, 0.6) is 0 Å². The number of rotatable bonds is 6. The number of likely N-dealkylation sites (tertiary alicyclic amines) is 1. The summed E-state index contributed by atoms with van der Waals surface area (Å²) in [6.07, 6.45) is 1.65. The number of amides is 4. The summed E-state index contributed by atoms with van der Waals surface area (Å²) >= 11 is 0. The molecule has 8 heteroatoms. The van der Waals surface area contributed by atoms with Crippen LogP contribution in [-0.4, -0.2) is 48.9 Å². The first-order valence-corrected chi connectivity index (χ1v) is 10.8. The van der Waals surface area contributed by atoms with Crippen LogP contribution in [0.15, 0.2) is 42.5 Å². The largest absolute Gasteiger partial charge is 0.355 e. The van der Waals surface area contributed by atoms with Gasteiger partial charge in [0.05, 0.1) is 0 Å². The van der Waals surface area contributed by atoms with Gasteiger partial charge in [-0.2, -0.15) is 0 Å². The first-order chi connectivity index (χ1) is 15.3. The highest BCUT2D eigenvalue weighted by Crippen LogP contribution is 2.29. The van der Waals surface area contributed by atoms with Crippen LogP contribution < -0.4 is 16.0 Å². The molecule has 1 fully saturated rings. The third kappa shape index (κ3) is 6.29. The summed E-state index contributed by atoms with van der Waals surface area (Å²) in [6.45, 7) is 5.16. The molecule has 3 rings (SSSR count). The number of hydrogen-bond donors (Lipinski definition) is 3. The van der Waals surface area contributed by atoms with E-state index in [2.05, 4.69) is 16.0 Å². The molecule has 0 bridgehead atoms. The van der Waals surface area contributed by atoms with Crippen molar-refractivity contribution in [3.05, 3.63) is 65.0 Å². The molecule has 0 aromatic heterocycles. The SMILES string of the molecule is CC(=O)NCCNC(=O)Nc1cc(C(=O)N2CCC(c3ccc(F)cc3)CC2)ccc1C. The van der Waals surface area contributed by atoms with Crippen molar-refractivity contribution in [3.63, 3.8) is 0 Å². The van der Waals surface area contributed by atoms with Gasteiger partial charge >= 0.3 is 6.03 Å². The average Bonchev–Trinajstić information content (AvgIpc) is 2.78. The molecule has 170 valence electrons. The van der Waals surface area contributed by atoms with E-state index in [1.54, 1.807) is 12.1 Å². The van der Waals surface area contributed by atoms with Gasteiger partial charge in [0.25, 0.3) is 5.91 Å². The van der Waals surface area contributed by atoms with E-state index in [0.29, 0.717) is 43.3 Å². The molecule has 2 aromatic carbocycles. The molecular weight excluding hydrogens is 411 g/mol. The molecule has 0 aliphatic carbocycles. The van der Waals surface area contributed by atoms with Crippen molar-refractivity contribution in [3.8, 4) is 0 Å². The number of carbonyl (C=O) groups is 3. The van der Waals surface area contributed by atoms with Crippen molar-refractivity contribution in [2.75, 3.05) is 31.5 Å². The van der Waals surface area contributed by atoms with Crippen molar-refractivity contribution in [2.45, 2.75) is 32.6 Å². The van der Waals surface area contributed by atoms with Gasteiger partial charge in [0.15, 0.2) is 0 Å². The van der Waals surface area contributed by atoms with Crippen LogP contribution in [-0.2, 0) is 4.79 Å². The fourth-order valence-electron chi connectivity index (χ4n) is 3.80. The van der Waals surface area contributed by atoms with Gasteiger partial charge in [-0.25, -0.2) is 9.18 Å². The number of nitrogens with zero attached hydrogens (tertiary/aromatic N) is 1. The average molecular weight is 441 g/mol. The number of aryl methyl sites for hydroxylation is 1. The van der Waals surface area contributed by atoms with E-state index in [9.17, 15) is 18.8 Å². The molecule has 4 amide bonds. The Balaban J connectivity index is 1.56. The Kier molecular flexibility index (Phi) is 7.81. The molecule has 1 saturated heterocycles. The van der Waals surface area contributed by atoms with Gasteiger partial charge < -0.3 is 20.9 Å². The molecule has 0 atom stereocenters. The molecular formula is C24H29FN4O3. The summed E-state index contributed by atoms with van der Waals surface area (Å²) in [5.74, 6) is -0.157. The van der Waals surface area contributed by atoms with Gasteiger partial charge in [-0.05, 0) is 61.1 Å². The summed E-state index contributed by atoms with van der Waals surface area (Å²) in [5.41, 5.74) is 3.02. The Morgan fingerprint density at radius 3 is 2.31 bits per heavy atom. The normalized spacial score (nSPS) is 14.0. The maximum atomic E-state index is 13.2. The third-order valence-electron chi connectivity index (χ3n) is 5.64. The zero-order valence-corrected chi connectivity index (χ0v) is 18.4. The van der Waals surface area contributed by atoms with Crippen LogP contribution in [0.2, 0.25) is 0 Å². The van der Waals surface area contributed by atoms with Crippen molar-refractivity contribution in [2.24, 2.45) is 0 Å². The fourth-order valence-corrected chi connectivity index (χ4v) is 3.80. The highest BCUT2D eigenvalue weighted by Gasteiger charge is 2.25. The van der Waals surface area contributed by atoms with E-state index in [-0.39, 0.29) is 17.6 Å². The van der Waals surface area contributed by atoms with Crippen molar-refractivity contribution in [1.82, 2.24) is 15.5 Å². The van der Waals surface area contributed by atoms with Crippen LogP contribution >= 0.6 is 0 Å². The lowest BCUT2D eigenvalue weighted by Gasteiger charge is -2.32. The number of hydrogen-bond acceptors (Lipinski definition) is 3. The van der Waals surface area contributed by atoms with E-state index in [4.69, 9.17) is 0 Å². The number of benzene rings is 2. The maximum absolute atomic E-state index is 13.2. The Hall–Kier alpha value is -3.42. The standard InChI is InChI=1S/C24H29FN4O3/c1-16-3-4-20(15-22(16)28-24(32)27-12-11-26-17(2)30)23(31)29-13-9-19(10-14-29)18-5-7-21(25)8-6-18/h3-8,15,19H,9-14H2,1-2H3,(H,26,30)(H2,27,28,32). The van der Waals surface area contributed by atoms with Crippen molar-refractivity contribution in [1.29, 1.82) is 0 Å². The number of nitrogens with one attached hydrogen (secondary N) is 3. The monoisotopic (exact) mass is 440 g/mol. The summed E-state index contributed by atoms with van der Waals surface area (Å²) in [6, 6.07) is 11.5. The van der Waals surface area contributed by atoms with Gasteiger partial charge in [-0.15, -0.1) is 0 Å². The van der Waals surface area contributed by atoms with Crippen LogP contribution in [0.4, 0.5) is 14.9 Å². The molecule has 0 unspecified atom stereocenters. The molecule has 0 saturated carbocycles. The molecule has 0 radical (unpaired) electrons. The van der Waals surface area contributed by atoms with Crippen LogP contribution in [0.25, 0.3) is 0 Å². The topological polar surface area (TPSA) is 90.5 Å². The minimum Gasteiger partial charge on any atom is -0.355 e. The smallest absolute Gasteiger partial charge is 0.319 e. The van der Waals surface area contributed by atoms with Gasteiger partial charge in [0, 0.05) is 44.4 Å². The maximum Gasteiger partial charge on any atom is 0.319 e. The highest BCUT2D eigenvalue weighted by molar-refractivity contribution is 5.97. The number of piperidine rings is 1. The quantitative estimate of drug-likeness (QED) is 0.602. The molecule has 1 aliphatic heterocycles. The van der Waals surface area contributed by atoms with E-state index in [1.165, 1.54) is 19.1 Å². The van der Waals surface area contributed by atoms with Gasteiger partial charge in [-0.3, -0.25) is 9.59 Å². The lowest BCUT2D eigenvalue weighted by Crippen LogP contribution is -2.38. The van der Waals surface area contributed by atoms with E-state index >= 15 is 0 Å². The van der Waals surface area contributed by atoms with E-state index in [0.717, 1.165) is 24.0 Å². The minimum absolute atomic E-state index is 0.0725. The number of carbonyl (C=O) groups excluding carboxylic acids is 3. The zero-order chi connectivity index (χ0) is 23.1. The summed E-state index contributed by atoms with van der Waals surface area (Å²) in [7, 11) is 0. The molecule has 1 heterocycles. The minimum atomic E-state index is -0.400. The van der Waals surface area contributed by atoms with Crippen molar-refractivity contribution < 1.29 is 18.8 Å². The lowest BCUT2D eigenvalue weighted by molar-refractivity contribution is -0.118. The van der Waals surface area contributed by atoms with E-state index in [1.807, 2.05) is 30.0 Å². The zero-order valence-electron chi connectivity index (χ0n) is 18.4. The second-order valence-electron chi connectivity index (χ2n) is 8.01. The lowest BCUT2D eigenvalue weighted by atomic mass is 9.89. The second-order valence-corrected chi connectivity index (χ2v) is 8.01. The highest BCUT2D eigenvalue weighted by atomic mass is 19.1. The van der Waals surface area contributed by atoms with Crippen LogP contribution in [0.1, 0.15) is 47.2 Å². The number of halogens is 1. The van der Waals surface area contributed by atoms with E-state index < -0.39 is 6.03 Å². The predicted octanol–water partition coefficient (Wildman–Crippen LogP) is 3.41. The summed E-state index contributed by atoms with van der Waals surface area (Å²) in [4.78, 5) is 37.8. The van der Waals surface area contributed by atoms with Crippen LogP contribution in [0.3, 0.4) is 0 Å². The molecule has 2 aromatic rings. The molecule has 32 heavy (non-hydrogen) atoms. The summed E-state index contributed by atoms with van der Waals surface area (Å²) in [5, 5.41) is 8.04. The molecule has 0 spiro atoms. The Morgan fingerprint density at radius 1 is 1.00 bits per heavy atom. The predicted molar refractivity (Wildman–Crippen MR) is 121 cm³/mol. The Bertz CT molecular complexity index is 970. The molecule has 3 N–H and O–H groups in total. The van der Waals surface area contributed by atoms with Crippen molar-refractivity contribution >= 4 is 23.5 Å². The Morgan fingerprint density at radius 2 is 1.66 bits per heavy atom. The second kappa shape index (κ2) is 10.7. The Labute approximate surface area is 187 Å².